The molecule has 2 aromatic heterocycles. The number of carboxylic acid groups (broad SMARTS) is 1. The van der Waals surface area contributed by atoms with Crippen LogP contribution in [0.4, 0.5) is 4.79 Å². The minimum absolute atomic E-state index is 0.0617. The van der Waals surface area contributed by atoms with E-state index in [9.17, 15) is 14.7 Å². The highest BCUT2D eigenvalue weighted by atomic mass is 16.5. The number of tetrazole rings is 1. The summed E-state index contributed by atoms with van der Waals surface area (Å²) in [5.74, 6) is 0.815. The van der Waals surface area contributed by atoms with Crippen molar-refractivity contribution in [2.75, 3.05) is 6.54 Å². The molecule has 0 aromatic carbocycles. The van der Waals surface area contributed by atoms with Crippen molar-refractivity contribution >= 4 is 6.09 Å². The molecule has 10 nitrogen and oxygen atoms in total. The molecule has 0 aliphatic carbocycles. The highest BCUT2D eigenvalue weighted by molar-refractivity contribution is 5.65. The van der Waals surface area contributed by atoms with E-state index in [1.807, 2.05) is 0 Å². The summed E-state index contributed by atoms with van der Waals surface area (Å²) in [6.07, 6.45) is -0.00995. The number of aromatic amines is 1. The number of nitrogens with one attached hydrogen (secondary N) is 1. The summed E-state index contributed by atoms with van der Waals surface area (Å²) in [6.45, 7) is 0.317. The number of rotatable bonds is 2. The molecule has 112 valence electrons. The summed E-state index contributed by atoms with van der Waals surface area (Å²) in [6, 6.07) is 0.887. The van der Waals surface area contributed by atoms with E-state index in [1.165, 1.54) is 15.8 Å². The molecule has 0 saturated carbocycles. The van der Waals surface area contributed by atoms with E-state index in [0.717, 1.165) is 0 Å². The smallest absolute Gasteiger partial charge is 0.407 e. The van der Waals surface area contributed by atoms with Crippen molar-refractivity contribution in [3.8, 4) is 0 Å². The summed E-state index contributed by atoms with van der Waals surface area (Å²) >= 11 is 0. The van der Waals surface area contributed by atoms with Crippen LogP contribution in [0.5, 0.6) is 0 Å². The maximum absolute atomic E-state index is 11.4. The first kappa shape index (κ1) is 13.3. The van der Waals surface area contributed by atoms with Crippen LogP contribution in [0.2, 0.25) is 0 Å². The zero-order chi connectivity index (χ0) is 15.0. The number of aromatic nitrogens is 5. The average molecular weight is 294 g/mol. The molecular formula is C11H14N6O4. The molecular weight excluding hydrogens is 280 g/mol. The molecule has 2 N–H and O–H groups in total. The minimum Gasteiger partial charge on any atom is -0.465 e. The van der Waals surface area contributed by atoms with Gasteiger partial charge in [0.15, 0.2) is 5.82 Å². The monoisotopic (exact) mass is 294 g/mol. The van der Waals surface area contributed by atoms with Crippen molar-refractivity contribution in [1.29, 1.82) is 0 Å². The topological polar surface area (TPSA) is 130 Å². The number of likely N-dealkylation sites (tertiary alicyclic amines) is 1. The predicted octanol–water partition coefficient (Wildman–Crippen LogP) is 0.0901. The van der Waals surface area contributed by atoms with Crippen LogP contribution in [-0.2, 0) is 7.05 Å². The van der Waals surface area contributed by atoms with Gasteiger partial charge in [0.1, 0.15) is 5.76 Å². The fourth-order valence-electron chi connectivity index (χ4n) is 2.63. The van der Waals surface area contributed by atoms with E-state index >= 15 is 0 Å². The number of carbonyl (C=O) groups is 1. The molecule has 2 unspecified atom stereocenters. The van der Waals surface area contributed by atoms with Crippen molar-refractivity contribution in [2.24, 2.45) is 7.05 Å². The molecule has 1 fully saturated rings. The first-order valence-electron chi connectivity index (χ1n) is 6.46. The normalized spacial score (nSPS) is 22.4. The summed E-state index contributed by atoms with van der Waals surface area (Å²) in [7, 11) is 1.62. The van der Waals surface area contributed by atoms with Gasteiger partial charge in [0.25, 0.3) is 5.56 Å². The fourth-order valence-corrected chi connectivity index (χ4v) is 2.63. The number of nitrogens with zero attached hydrogens (tertiary/aromatic N) is 5. The molecule has 10 heteroatoms. The van der Waals surface area contributed by atoms with Gasteiger partial charge in [-0.2, -0.15) is 9.95 Å². The lowest BCUT2D eigenvalue weighted by molar-refractivity contribution is 0.0935. The second-order valence-electron chi connectivity index (χ2n) is 4.97. The summed E-state index contributed by atoms with van der Waals surface area (Å²) in [4.78, 5) is 25.1. The van der Waals surface area contributed by atoms with Crippen molar-refractivity contribution < 1.29 is 14.4 Å². The number of piperidine rings is 1. The largest absolute Gasteiger partial charge is 0.465 e. The van der Waals surface area contributed by atoms with Crippen LogP contribution in [0.25, 0.3) is 0 Å². The highest BCUT2D eigenvalue weighted by Crippen LogP contribution is 2.37. The Bertz CT molecular complexity index is 703. The van der Waals surface area contributed by atoms with Gasteiger partial charge >= 0.3 is 6.09 Å². The van der Waals surface area contributed by atoms with Crippen LogP contribution in [-0.4, -0.2) is 48.0 Å². The first-order valence-corrected chi connectivity index (χ1v) is 6.46. The van der Waals surface area contributed by atoms with Gasteiger partial charge in [0.2, 0.25) is 0 Å². The van der Waals surface area contributed by atoms with Crippen molar-refractivity contribution in [3.05, 3.63) is 28.0 Å². The second kappa shape index (κ2) is 5.04. The second-order valence-corrected chi connectivity index (χ2v) is 4.97. The van der Waals surface area contributed by atoms with Crippen molar-refractivity contribution in [1.82, 2.24) is 30.3 Å². The van der Waals surface area contributed by atoms with Crippen LogP contribution in [0, 0.1) is 0 Å². The van der Waals surface area contributed by atoms with Crippen LogP contribution in [0.3, 0.4) is 0 Å². The van der Waals surface area contributed by atoms with Gasteiger partial charge in [-0.3, -0.25) is 9.69 Å². The van der Waals surface area contributed by atoms with E-state index < -0.39 is 12.1 Å². The van der Waals surface area contributed by atoms with E-state index in [4.69, 9.17) is 4.52 Å². The summed E-state index contributed by atoms with van der Waals surface area (Å²) in [5.41, 5.74) is -0.306. The maximum Gasteiger partial charge on any atom is 0.407 e. The van der Waals surface area contributed by atoms with E-state index in [1.54, 1.807) is 7.05 Å². The average Bonchev–Trinajstić information content (AvgIpc) is 3.07. The van der Waals surface area contributed by atoms with Crippen molar-refractivity contribution in [2.45, 2.75) is 24.8 Å². The Kier molecular flexibility index (Phi) is 3.20. The number of hydrogen-bond donors (Lipinski definition) is 2. The van der Waals surface area contributed by atoms with Crippen molar-refractivity contribution in [3.63, 3.8) is 0 Å². The van der Waals surface area contributed by atoms with Crippen LogP contribution >= 0.6 is 0 Å². The van der Waals surface area contributed by atoms with Gasteiger partial charge in [-0.25, -0.2) is 4.79 Å². The number of hydrogen-bond acceptors (Lipinski definition) is 6. The Balaban J connectivity index is 1.88. The fraction of sp³-hybridized carbons (Fsp3) is 0.545. The molecule has 1 aliphatic heterocycles. The summed E-state index contributed by atoms with van der Waals surface area (Å²) < 4.78 is 5.12. The summed E-state index contributed by atoms with van der Waals surface area (Å²) in [5, 5.41) is 23.3. The Hall–Kier alpha value is -2.65. The number of amides is 1. The third-order valence-electron chi connectivity index (χ3n) is 3.62. The number of H-pyrrole nitrogens is 1. The van der Waals surface area contributed by atoms with Crippen LogP contribution in [0.1, 0.15) is 36.4 Å². The van der Waals surface area contributed by atoms with Gasteiger partial charge < -0.3 is 9.63 Å². The predicted molar refractivity (Wildman–Crippen MR) is 67.6 cm³/mol. The molecule has 0 spiro atoms. The van der Waals surface area contributed by atoms with E-state index in [0.29, 0.717) is 31.0 Å². The lowest BCUT2D eigenvalue weighted by Gasteiger charge is -2.35. The minimum atomic E-state index is -1.03. The number of aryl methyl sites for hydroxylation is 1. The Morgan fingerprint density at radius 3 is 2.95 bits per heavy atom. The molecule has 2 aromatic rings. The van der Waals surface area contributed by atoms with Crippen LogP contribution in [0.15, 0.2) is 15.4 Å². The quantitative estimate of drug-likeness (QED) is 0.802. The third kappa shape index (κ3) is 2.51. The molecule has 0 radical (unpaired) electrons. The van der Waals surface area contributed by atoms with Gasteiger partial charge in [0.05, 0.1) is 13.1 Å². The molecule has 1 amide bonds. The van der Waals surface area contributed by atoms with E-state index in [2.05, 4.69) is 20.6 Å². The van der Waals surface area contributed by atoms with Gasteiger partial charge in [-0.05, 0) is 18.1 Å². The lowest BCUT2D eigenvalue weighted by Crippen LogP contribution is -2.40. The Labute approximate surface area is 118 Å². The zero-order valence-electron chi connectivity index (χ0n) is 11.3. The highest BCUT2D eigenvalue weighted by Gasteiger charge is 2.37. The maximum atomic E-state index is 11.4. The Morgan fingerprint density at radius 2 is 2.38 bits per heavy atom. The third-order valence-corrected chi connectivity index (χ3v) is 3.62. The molecule has 0 bridgehead atoms. The van der Waals surface area contributed by atoms with E-state index in [-0.39, 0.29) is 11.5 Å². The van der Waals surface area contributed by atoms with Gasteiger partial charge in [-0.1, -0.05) is 0 Å². The standard InChI is InChI=1S/C11H14N6O4/c1-16-13-10(12-15-16)7-4-6(2-3-17(7)11(19)20)8-5-9(18)14-21-8/h5-7H,2-4H2,1H3,(H,14,18)(H,19,20). The molecule has 2 atom stereocenters. The van der Waals surface area contributed by atoms with Crippen LogP contribution < -0.4 is 5.56 Å². The molecule has 21 heavy (non-hydrogen) atoms. The molecule has 3 rings (SSSR count). The molecule has 1 saturated heterocycles. The lowest BCUT2D eigenvalue weighted by atomic mass is 9.89. The molecule has 3 heterocycles. The van der Waals surface area contributed by atoms with Gasteiger partial charge in [-0.15, -0.1) is 10.2 Å². The SMILES string of the molecule is Cn1nnc(C2CC(c3cc(=O)[nH]o3)CCN2C(=O)O)n1. The van der Waals surface area contributed by atoms with Gasteiger partial charge in [0, 0.05) is 18.5 Å². The zero-order valence-corrected chi connectivity index (χ0v) is 11.3. The molecule has 1 aliphatic rings. The first-order chi connectivity index (χ1) is 10.0. The Morgan fingerprint density at radius 1 is 1.57 bits per heavy atom.